The Morgan fingerprint density at radius 3 is 2.46 bits per heavy atom. The average molecular weight is 371 g/mol. The van der Waals surface area contributed by atoms with Crippen LogP contribution >= 0.6 is 0 Å². The van der Waals surface area contributed by atoms with Crippen molar-refractivity contribution in [3.8, 4) is 5.75 Å². The molecule has 2 aliphatic heterocycles. The minimum Gasteiger partial charge on any atom is -0.484 e. The second kappa shape index (κ2) is 10.6. The number of hydrogen-bond acceptors (Lipinski definition) is 8. The highest BCUT2D eigenvalue weighted by atomic mass is 16.6. The molecule has 2 unspecified atom stereocenters. The summed E-state index contributed by atoms with van der Waals surface area (Å²) < 4.78 is 10.1. The van der Waals surface area contributed by atoms with Crippen molar-refractivity contribution < 1.29 is 24.4 Å². The van der Waals surface area contributed by atoms with E-state index in [9.17, 15) is 20.2 Å². The Morgan fingerprint density at radius 2 is 1.96 bits per heavy atom. The second-order valence-corrected chi connectivity index (χ2v) is 5.68. The first-order valence-electron chi connectivity index (χ1n) is 8.60. The van der Waals surface area contributed by atoms with Gasteiger partial charge < -0.3 is 14.6 Å². The zero-order valence-corrected chi connectivity index (χ0v) is 15.2. The van der Waals surface area contributed by atoms with Crippen LogP contribution in [0.1, 0.15) is 45.7 Å². The number of aliphatic hydroxyl groups is 1. The summed E-state index contributed by atoms with van der Waals surface area (Å²) in [5.41, 5.74) is 0.205. The molecule has 2 aliphatic rings. The number of pyridine rings is 1. The van der Waals surface area contributed by atoms with Gasteiger partial charge in [0.1, 0.15) is 11.9 Å². The van der Waals surface area contributed by atoms with E-state index in [1.165, 1.54) is 6.07 Å². The van der Waals surface area contributed by atoms with Crippen LogP contribution < -0.4 is 4.74 Å². The van der Waals surface area contributed by atoms with Crippen LogP contribution in [-0.2, 0) is 11.2 Å². The zero-order chi connectivity index (χ0) is 19.7. The molecule has 0 aromatic carbocycles. The van der Waals surface area contributed by atoms with Crippen molar-refractivity contribution in [3.05, 3.63) is 38.2 Å². The summed E-state index contributed by atoms with van der Waals surface area (Å²) in [5, 5.41) is 29.8. The lowest BCUT2D eigenvalue weighted by atomic mass is 10.1. The molecule has 0 bridgehead atoms. The molecule has 0 saturated carbocycles. The molecule has 26 heavy (non-hydrogen) atoms. The summed E-state index contributed by atoms with van der Waals surface area (Å²) >= 11 is 0. The maximum Gasteiger partial charge on any atom is 0.291 e. The van der Waals surface area contributed by atoms with Crippen molar-refractivity contribution in [1.29, 1.82) is 0 Å². The summed E-state index contributed by atoms with van der Waals surface area (Å²) in [6.45, 7) is 5.91. The van der Waals surface area contributed by atoms with Gasteiger partial charge in [-0.25, -0.2) is 4.98 Å². The van der Waals surface area contributed by atoms with Gasteiger partial charge in [-0.1, -0.05) is 13.8 Å². The van der Waals surface area contributed by atoms with Gasteiger partial charge in [0.2, 0.25) is 0 Å². The number of aromatic nitrogens is 1. The Bertz CT molecular complexity index is 604. The van der Waals surface area contributed by atoms with Crippen LogP contribution in [0.5, 0.6) is 5.75 Å². The first-order chi connectivity index (χ1) is 12.4. The minimum absolute atomic E-state index is 0.0805. The van der Waals surface area contributed by atoms with Crippen LogP contribution in [0.25, 0.3) is 0 Å². The fourth-order valence-corrected chi connectivity index (χ4v) is 2.43. The molecule has 1 fully saturated rings. The van der Waals surface area contributed by atoms with Crippen LogP contribution in [-0.4, -0.2) is 45.0 Å². The molecule has 0 radical (unpaired) electrons. The minimum atomic E-state index is -0.832. The number of nitro groups is 2. The first kappa shape index (κ1) is 21.7. The van der Waals surface area contributed by atoms with Crippen molar-refractivity contribution in [1.82, 2.24) is 4.98 Å². The van der Waals surface area contributed by atoms with E-state index in [0.29, 0.717) is 5.69 Å². The van der Waals surface area contributed by atoms with E-state index in [-0.39, 0.29) is 30.6 Å². The second-order valence-electron chi connectivity index (χ2n) is 5.68. The normalized spacial score (nSPS) is 23.8. The maximum absolute atomic E-state index is 10.5. The van der Waals surface area contributed by atoms with Crippen LogP contribution in [0.3, 0.4) is 0 Å². The summed E-state index contributed by atoms with van der Waals surface area (Å²) in [7, 11) is 0. The molecule has 3 atom stereocenters. The van der Waals surface area contributed by atoms with Gasteiger partial charge in [0, 0.05) is 4.92 Å². The largest absolute Gasteiger partial charge is 0.484 e. The highest BCUT2D eigenvalue weighted by Crippen LogP contribution is 2.27. The average Bonchev–Trinajstić information content (AvgIpc) is 2.62. The molecule has 1 aromatic heterocycles. The molecule has 3 rings (SSSR count). The van der Waals surface area contributed by atoms with Gasteiger partial charge in [0.05, 0.1) is 29.2 Å². The van der Waals surface area contributed by atoms with E-state index in [1.807, 2.05) is 20.8 Å². The maximum atomic E-state index is 10.5. The van der Waals surface area contributed by atoms with Crippen molar-refractivity contribution in [2.24, 2.45) is 0 Å². The van der Waals surface area contributed by atoms with E-state index in [2.05, 4.69) is 4.98 Å². The highest BCUT2D eigenvalue weighted by Gasteiger charge is 2.30. The molecule has 1 saturated heterocycles. The monoisotopic (exact) mass is 371 g/mol. The van der Waals surface area contributed by atoms with Gasteiger partial charge >= 0.3 is 0 Å². The molecule has 10 heteroatoms. The van der Waals surface area contributed by atoms with Crippen molar-refractivity contribution >= 4 is 5.69 Å². The molecule has 1 N–H and O–H groups in total. The molecular weight excluding hydrogens is 346 g/mol. The van der Waals surface area contributed by atoms with E-state index < -0.39 is 22.2 Å². The fraction of sp³-hybridized carbons (Fsp3) is 0.688. The van der Waals surface area contributed by atoms with Gasteiger partial charge in [0.15, 0.2) is 12.9 Å². The van der Waals surface area contributed by atoms with Crippen LogP contribution in [0.4, 0.5) is 5.69 Å². The smallest absolute Gasteiger partial charge is 0.291 e. The van der Waals surface area contributed by atoms with Gasteiger partial charge in [-0.15, -0.1) is 0 Å². The van der Waals surface area contributed by atoms with E-state index in [0.717, 1.165) is 25.5 Å². The van der Waals surface area contributed by atoms with Crippen LogP contribution in [0, 0.1) is 20.2 Å². The quantitative estimate of drug-likeness (QED) is 0.618. The van der Waals surface area contributed by atoms with Gasteiger partial charge in [-0.3, -0.25) is 20.2 Å². The number of aliphatic hydroxyl groups excluding tert-OH is 1. The van der Waals surface area contributed by atoms with Crippen molar-refractivity contribution in [3.63, 3.8) is 0 Å². The van der Waals surface area contributed by atoms with Crippen LogP contribution in [0.2, 0.25) is 0 Å². The molecule has 0 spiro atoms. The molecular formula is C16H25N3O7. The summed E-state index contributed by atoms with van der Waals surface area (Å²) in [4.78, 5) is 23.8. The van der Waals surface area contributed by atoms with Gasteiger partial charge in [-0.05, 0) is 26.2 Å². The fourth-order valence-electron chi connectivity index (χ4n) is 2.43. The van der Waals surface area contributed by atoms with Gasteiger partial charge in [0.25, 0.3) is 11.7 Å². The first-order valence-corrected chi connectivity index (χ1v) is 8.60. The molecule has 146 valence electrons. The lowest BCUT2D eigenvalue weighted by Gasteiger charge is -2.23. The molecule has 3 heterocycles. The lowest BCUT2D eigenvalue weighted by molar-refractivity contribution is -0.525. The third-order valence-corrected chi connectivity index (χ3v) is 3.74. The third-order valence-electron chi connectivity index (χ3n) is 3.74. The Morgan fingerprint density at radius 1 is 1.27 bits per heavy atom. The lowest BCUT2D eigenvalue weighted by Crippen LogP contribution is -2.33. The van der Waals surface area contributed by atoms with Crippen molar-refractivity contribution in [2.45, 2.75) is 64.9 Å². The predicted molar refractivity (Wildman–Crippen MR) is 92.6 cm³/mol. The third kappa shape index (κ3) is 6.52. The number of fused-ring (bicyclic) bond motifs is 1. The number of hydrogen-bond donors (Lipinski definition) is 1. The highest BCUT2D eigenvalue weighted by molar-refractivity contribution is 5.40. The summed E-state index contributed by atoms with van der Waals surface area (Å²) in [5.74, 6) is 0.257. The molecule has 0 aliphatic carbocycles. The van der Waals surface area contributed by atoms with Gasteiger partial charge in [-0.2, -0.15) is 0 Å². The summed E-state index contributed by atoms with van der Waals surface area (Å²) in [6, 6.07) is 0.403. The standard InChI is InChI=1S/C8H7N3O5.C6H12O2.C2H6/c12-10(13)5-2-8-7(9-3-5)1-6(4-16-8)11(14)15;1-5-3-2-4-6(7)8-5;1-2/h2-3,6H,1,4H2;5-7H,2-4H2,1H3;1-2H3/t;5-,6?;/m.0./s1. The number of ether oxygens (including phenoxy) is 2. The Balaban J connectivity index is 0.000000284. The van der Waals surface area contributed by atoms with Crippen LogP contribution in [0.15, 0.2) is 12.3 Å². The number of rotatable bonds is 2. The molecule has 0 amide bonds. The zero-order valence-electron chi connectivity index (χ0n) is 15.2. The molecule has 10 nitrogen and oxygen atoms in total. The topological polar surface area (TPSA) is 138 Å². The Kier molecular flexibility index (Phi) is 8.86. The molecule has 1 aromatic rings. The SMILES string of the molecule is CC.C[C@H]1CCCC(O)O1.O=[N+]([O-])c1cnc2c(c1)OCC([N+](=O)[O-])C2. The Labute approximate surface area is 151 Å². The predicted octanol–water partition coefficient (Wildman–Crippen LogP) is 2.49. The Hall–Kier alpha value is -2.33. The summed E-state index contributed by atoms with van der Waals surface area (Å²) in [6.07, 6.45) is 3.99. The van der Waals surface area contributed by atoms with Crippen molar-refractivity contribution in [2.75, 3.05) is 6.61 Å². The van der Waals surface area contributed by atoms with E-state index in [4.69, 9.17) is 14.6 Å². The number of nitrogens with zero attached hydrogens (tertiary/aromatic N) is 3. The van der Waals surface area contributed by atoms with E-state index in [1.54, 1.807) is 0 Å². The van der Waals surface area contributed by atoms with E-state index >= 15 is 0 Å².